The largest absolute Gasteiger partial charge is 0.478 e. The average molecular weight is 328 g/mol. The molecule has 2 bridgehead atoms. The first-order chi connectivity index (χ1) is 11.2. The van der Waals surface area contributed by atoms with E-state index in [-0.39, 0.29) is 22.5 Å². The highest BCUT2D eigenvalue weighted by Gasteiger charge is 2.61. The molecule has 128 valence electrons. The van der Waals surface area contributed by atoms with E-state index in [4.69, 9.17) is 4.74 Å². The van der Waals surface area contributed by atoms with Gasteiger partial charge in [0.15, 0.2) is 0 Å². The van der Waals surface area contributed by atoms with Gasteiger partial charge in [0.1, 0.15) is 6.10 Å². The van der Waals surface area contributed by atoms with E-state index in [1.807, 2.05) is 0 Å². The van der Waals surface area contributed by atoms with Gasteiger partial charge in [-0.1, -0.05) is 39.0 Å². The lowest BCUT2D eigenvalue weighted by Gasteiger charge is -2.41. The maximum absolute atomic E-state index is 12.3. The van der Waals surface area contributed by atoms with Crippen LogP contribution in [0.5, 0.6) is 0 Å². The molecule has 1 N–H and O–H groups in total. The number of fused-ring (bicyclic) bond motifs is 2. The molecule has 0 aromatic heterocycles. The summed E-state index contributed by atoms with van der Waals surface area (Å²) in [6.07, 6.45) is 6.20. The molecular weight excluding hydrogens is 304 g/mol. The molecule has 3 rings (SSSR count). The van der Waals surface area contributed by atoms with Crippen molar-refractivity contribution < 1.29 is 19.4 Å². The van der Waals surface area contributed by atoms with Crippen molar-refractivity contribution in [3.63, 3.8) is 0 Å². The second-order valence-corrected chi connectivity index (χ2v) is 7.96. The summed E-state index contributed by atoms with van der Waals surface area (Å²) in [5, 5.41) is 9.18. The van der Waals surface area contributed by atoms with Crippen LogP contribution in [0, 0.1) is 16.7 Å². The Kier molecular flexibility index (Phi) is 4.02. The van der Waals surface area contributed by atoms with Gasteiger partial charge in [0.2, 0.25) is 0 Å². The van der Waals surface area contributed by atoms with Gasteiger partial charge in [0.25, 0.3) is 0 Å². The van der Waals surface area contributed by atoms with Crippen molar-refractivity contribution in [2.75, 3.05) is 0 Å². The van der Waals surface area contributed by atoms with Crippen molar-refractivity contribution in [2.45, 2.75) is 46.1 Å². The molecule has 1 aromatic rings. The summed E-state index contributed by atoms with van der Waals surface area (Å²) in [6.45, 7) is 6.58. The zero-order valence-electron chi connectivity index (χ0n) is 14.4. The van der Waals surface area contributed by atoms with Gasteiger partial charge in [0.05, 0.1) is 5.56 Å². The number of rotatable bonds is 4. The van der Waals surface area contributed by atoms with Crippen LogP contribution >= 0.6 is 0 Å². The molecule has 0 unspecified atom stereocenters. The number of hydrogen-bond donors (Lipinski definition) is 1. The molecule has 2 saturated carbocycles. The molecule has 0 radical (unpaired) electrons. The van der Waals surface area contributed by atoms with E-state index in [0.29, 0.717) is 11.5 Å². The predicted molar refractivity (Wildman–Crippen MR) is 91.5 cm³/mol. The molecule has 4 heteroatoms. The van der Waals surface area contributed by atoms with E-state index in [1.165, 1.54) is 24.6 Å². The number of carbonyl (C=O) groups excluding carboxylic acids is 1. The molecule has 1 aromatic carbocycles. The molecular formula is C20H24O4. The van der Waals surface area contributed by atoms with Crippen molar-refractivity contribution in [1.29, 1.82) is 0 Å². The smallest absolute Gasteiger partial charge is 0.336 e. The van der Waals surface area contributed by atoms with E-state index in [1.54, 1.807) is 18.2 Å². The third-order valence-corrected chi connectivity index (χ3v) is 5.96. The Balaban J connectivity index is 1.74. The molecule has 2 aliphatic rings. The van der Waals surface area contributed by atoms with Gasteiger partial charge < -0.3 is 9.84 Å². The second-order valence-electron chi connectivity index (χ2n) is 7.96. The zero-order valence-corrected chi connectivity index (χ0v) is 14.4. The second kappa shape index (κ2) is 5.76. The van der Waals surface area contributed by atoms with Gasteiger partial charge in [-0.05, 0) is 42.9 Å². The molecule has 0 heterocycles. The van der Waals surface area contributed by atoms with Crippen molar-refractivity contribution in [3.05, 3.63) is 41.5 Å². The van der Waals surface area contributed by atoms with Crippen LogP contribution in [0.1, 0.15) is 56.0 Å². The van der Waals surface area contributed by atoms with Gasteiger partial charge in [-0.25, -0.2) is 9.59 Å². The number of carboxylic acids is 1. The van der Waals surface area contributed by atoms with Crippen LogP contribution in [0.3, 0.4) is 0 Å². The van der Waals surface area contributed by atoms with Gasteiger partial charge in [-0.15, -0.1) is 0 Å². The monoisotopic (exact) mass is 328 g/mol. The molecule has 4 nitrogen and oxygen atoms in total. The van der Waals surface area contributed by atoms with Gasteiger partial charge in [0, 0.05) is 16.9 Å². The summed E-state index contributed by atoms with van der Waals surface area (Å²) in [5.74, 6) is -0.801. The molecule has 0 saturated heterocycles. The predicted octanol–water partition coefficient (Wildman–Crippen LogP) is 4.16. The summed E-state index contributed by atoms with van der Waals surface area (Å²) in [4.78, 5) is 23.5. The Hall–Kier alpha value is -2.10. The van der Waals surface area contributed by atoms with E-state index in [9.17, 15) is 14.7 Å². The SMILES string of the molecule is CC1(C)[C@H]2CC[C@](C)(C2)[C@@H]1OC(=O)/C=C/c1ccccc1C(=O)O. The number of hydrogen-bond acceptors (Lipinski definition) is 3. The Morgan fingerprint density at radius 1 is 1.25 bits per heavy atom. The highest BCUT2D eigenvalue weighted by atomic mass is 16.5. The highest BCUT2D eigenvalue weighted by molar-refractivity contribution is 5.94. The van der Waals surface area contributed by atoms with E-state index in [2.05, 4.69) is 20.8 Å². The van der Waals surface area contributed by atoms with Crippen LogP contribution in [0.15, 0.2) is 30.3 Å². The summed E-state index contributed by atoms with van der Waals surface area (Å²) >= 11 is 0. The van der Waals surface area contributed by atoms with Crippen LogP contribution in [0.25, 0.3) is 6.08 Å². The minimum absolute atomic E-state index is 0.00449. The Morgan fingerprint density at radius 3 is 2.58 bits per heavy atom. The fourth-order valence-electron chi connectivity index (χ4n) is 4.70. The topological polar surface area (TPSA) is 63.6 Å². The third kappa shape index (κ3) is 2.74. The maximum atomic E-state index is 12.3. The summed E-state index contributed by atoms with van der Waals surface area (Å²) in [7, 11) is 0. The summed E-state index contributed by atoms with van der Waals surface area (Å²) in [5.41, 5.74) is 0.737. The molecule has 0 aliphatic heterocycles. The minimum atomic E-state index is -1.01. The third-order valence-electron chi connectivity index (χ3n) is 5.96. The quantitative estimate of drug-likeness (QED) is 0.666. The van der Waals surface area contributed by atoms with Crippen LogP contribution in [-0.2, 0) is 9.53 Å². The fraction of sp³-hybridized carbons (Fsp3) is 0.500. The van der Waals surface area contributed by atoms with E-state index < -0.39 is 11.9 Å². The number of benzene rings is 1. The molecule has 3 atom stereocenters. The minimum Gasteiger partial charge on any atom is -0.478 e. The Morgan fingerprint density at radius 2 is 1.96 bits per heavy atom. The first-order valence-corrected chi connectivity index (χ1v) is 8.45. The summed E-state index contributed by atoms with van der Waals surface area (Å²) < 4.78 is 5.81. The average Bonchev–Trinajstić information content (AvgIpc) is 3.01. The Bertz CT molecular complexity index is 699. The number of esters is 1. The van der Waals surface area contributed by atoms with Gasteiger partial charge in [-0.2, -0.15) is 0 Å². The lowest BCUT2D eigenvalue weighted by Crippen LogP contribution is -2.43. The van der Waals surface area contributed by atoms with Crippen molar-refractivity contribution >= 4 is 18.0 Å². The lowest BCUT2D eigenvalue weighted by molar-refractivity contribution is -0.158. The lowest BCUT2D eigenvalue weighted by atomic mass is 9.70. The maximum Gasteiger partial charge on any atom is 0.336 e. The van der Waals surface area contributed by atoms with Gasteiger partial charge in [-0.3, -0.25) is 0 Å². The molecule has 2 aliphatic carbocycles. The van der Waals surface area contributed by atoms with Crippen LogP contribution in [0.2, 0.25) is 0 Å². The highest BCUT2D eigenvalue weighted by Crippen LogP contribution is 2.63. The number of ether oxygens (including phenoxy) is 1. The van der Waals surface area contributed by atoms with Crippen molar-refractivity contribution in [3.8, 4) is 0 Å². The van der Waals surface area contributed by atoms with Crippen molar-refractivity contribution in [2.24, 2.45) is 16.7 Å². The Labute approximate surface area is 142 Å². The normalized spacial score (nSPS) is 30.6. The molecule has 2 fully saturated rings. The molecule has 0 spiro atoms. The first kappa shape index (κ1) is 16.7. The van der Waals surface area contributed by atoms with Crippen LogP contribution < -0.4 is 0 Å². The number of aromatic carboxylic acids is 1. The van der Waals surface area contributed by atoms with Crippen LogP contribution in [-0.4, -0.2) is 23.1 Å². The van der Waals surface area contributed by atoms with E-state index >= 15 is 0 Å². The van der Waals surface area contributed by atoms with Crippen LogP contribution in [0.4, 0.5) is 0 Å². The van der Waals surface area contributed by atoms with Gasteiger partial charge >= 0.3 is 11.9 Å². The van der Waals surface area contributed by atoms with Crippen molar-refractivity contribution in [1.82, 2.24) is 0 Å². The zero-order chi connectivity index (χ0) is 17.5. The van der Waals surface area contributed by atoms with E-state index in [0.717, 1.165) is 12.8 Å². The first-order valence-electron chi connectivity index (χ1n) is 8.45. The number of carboxylic acid groups (broad SMARTS) is 1. The summed E-state index contributed by atoms with van der Waals surface area (Å²) in [6, 6.07) is 6.61. The standard InChI is InChI=1S/C20H24O4/c1-19(2)14-10-11-20(3,12-14)18(19)24-16(21)9-8-13-6-4-5-7-15(13)17(22)23/h4-9,14,18H,10-12H2,1-3H3,(H,22,23)/b9-8+/t14-,18+,20+/m0/s1. The number of carbonyl (C=O) groups is 2. The molecule has 24 heavy (non-hydrogen) atoms. The fourth-order valence-corrected chi connectivity index (χ4v) is 4.70. The molecule has 0 amide bonds.